The van der Waals surface area contributed by atoms with Crippen LogP contribution in [0.15, 0.2) is 94.4 Å². The van der Waals surface area contributed by atoms with Gasteiger partial charge in [0.2, 0.25) is 5.78 Å². The van der Waals surface area contributed by atoms with E-state index in [1.165, 1.54) is 30.5 Å². The maximum absolute atomic E-state index is 13.2. The first-order chi connectivity index (χ1) is 15.3. The number of carbonyl (C=O) groups is 1. The largest absolute Gasteiger partial charge is 0.287 e. The monoisotopic (exact) mass is 466 g/mol. The number of allylic oxidation sites excluding steroid dienone is 1. The van der Waals surface area contributed by atoms with Gasteiger partial charge < -0.3 is 0 Å². The Morgan fingerprint density at radius 2 is 1.47 bits per heavy atom. The third kappa shape index (κ3) is 3.68. The van der Waals surface area contributed by atoms with Crippen molar-refractivity contribution in [2.24, 2.45) is 0 Å². The summed E-state index contributed by atoms with van der Waals surface area (Å²) in [5.41, 5.74) is 0.637. The number of sulfone groups is 1. The minimum Gasteiger partial charge on any atom is -0.287 e. The van der Waals surface area contributed by atoms with Crippen molar-refractivity contribution in [2.75, 3.05) is 0 Å². The highest BCUT2D eigenvalue weighted by Crippen LogP contribution is 2.30. The van der Waals surface area contributed by atoms with Crippen molar-refractivity contribution in [1.82, 2.24) is 3.97 Å². The normalized spacial score (nSPS) is 16.3. The van der Waals surface area contributed by atoms with Gasteiger partial charge in [0, 0.05) is 11.8 Å². The maximum atomic E-state index is 13.2. The zero-order valence-electron chi connectivity index (χ0n) is 16.7. The topological polar surface area (TPSA) is 114 Å². The average molecular weight is 467 g/mol. The summed E-state index contributed by atoms with van der Waals surface area (Å²) in [5.74, 6) is -0.598. The van der Waals surface area contributed by atoms with E-state index in [1.54, 1.807) is 48.5 Å². The van der Waals surface area contributed by atoms with Crippen molar-refractivity contribution in [3.63, 3.8) is 0 Å². The fourth-order valence-corrected chi connectivity index (χ4v) is 6.34. The molecule has 0 bridgehead atoms. The Bertz CT molecular complexity index is 1460. The molecule has 1 atom stereocenters. The number of fused-ring (bicyclic) bond motifs is 1. The van der Waals surface area contributed by atoms with Gasteiger partial charge in [-0.05, 0) is 54.8 Å². The van der Waals surface area contributed by atoms with Gasteiger partial charge in [-0.15, -0.1) is 0 Å². The van der Waals surface area contributed by atoms with Gasteiger partial charge in [-0.3, -0.25) is 4.79 Å². The van der Waals surface area contributed by atoms with Gasteiger partial charge >= 0.3 is 0 Å². The van der Waals surface area contributed by atoms with Crippen LogP contribution in [-0.4, -0.2) is 31.8 Å². The molecule has 32 heavy (non-hydrogen) atoms. The van der Waals surface area contributed by atoms with Gasteiger partial charge in [0.25, 0.3) is 10.0 Å². The molecule has 0 amide bonds. The minimum atomic E-state index is -4.03. The average Bonchev–Trinajstić information content (AvgIpc) is 3.25. The molecule has 0 saturated heterocycles. The maximum Gasteiger partial charge on any atom is 0.268 e. The van der Waals surface area contributed by atoms with Gasteiger partial charge in [0.05, 0.1) is 15.9 Å². The summed E-state index contributed by atoms with van der Waals surface area (Å²) in [6.07, 6.45) is 3.04. The van der Waals surface area contributed by atoms with Gasteiger partial charge in [0.1, 0.15) is 5.69 Å². The highest BCUT2D eigenvalue weighted by molar-refractivity contribution is 7.92. The lowest BCUT2D eigenvalue weighted by atomic mass is 9.91. The molecule has 0 saturated carbocycles. The summed E-state index contributed by atoms with van der Waals surface area (Å²) in [5, 5.41) is 7.97. The van der Waals surface area contributed by atoms with E-state index in [1.807, 2.05) is 0 Å². The van der Waals surface area contributed by atoms with Crippen LogP contribution in [-0.2, 0) is 26.3 Å². The number of rotatable bonds is 5. The predicted molar refractivity (Wildman–Crippen MR) is 117 cm³/mol. The summed E-state index contributed by atoms with van der Waals surface area (Å²) in [6, 6.07) is 18.6. The Hall–Kier alpha value is -3.48. The second-order valence-electron chi connectivity index (χ2n) is 7.23. The summed E-state index contributed by atoms with van der Waals surface area (Å²) in [7, 11) is -8.05. The Morgan fingerprint density at radius 1 is 0.875 bits per heavy atom. The lowest BCUT2D eigenvalue weighted by molar-refractivity contribution is 0.101. The number of benzene rings is 2. The summed E-state index contributed by atoms with van der Waals surface area (Å²) in [4.78, 5) is 13.2. The van der Waals surface area contributed by atoms with Crippen LogP contribution >= 0.6 is 0 Å². The molecule has 0 fully saturated rings. The van der Waals surface area contributed by atoms with E-state index in [9.17, 15) is 26.9 Å². The van der Waals surface area contributed by atoms with E-state index in [0.717, 1.165) is 10.0 Å². The number of aromatic nitrogens is 1. The zero-order valence-corrected chi connectivity index (χ0v) is 18.4. The molecule has 0 aliphatic heterocycles. The number of carbonyl (C=O) groups excluding carboxylic acids is 1. The zero-order chi connectivity index (χ0) is 22.9. The SMILES string of the molecule is N#CC(C=C1CCc2ccn(S(=O)(=O)c3ccccc3)c2C1=O)S(=O)(=O)c1ccccc1. The molecular weight excluding hydrogens is 448 g/mol. The van der Waals surface area contributed by atoms with Crippen LogP contribution in [0.2, 0.25) is 0 Å². The minimum absolute atomic E-state index is 0.0256. The molecule has 1 unspecified atom stereocenters. The van der Waals surface area contributed by atoms with Gasteiger partial charge in [0.15, 0.2) is 15.1 Å². The molecule has 162 valence electrons. The van der Waals surface area contributed by atoms with Crippen LogP contribution in [0.5, 0.6) is 0 Å². The van der Waals surface area contributed by atoms with Gasteiger partial charge in [-0.2, -0.15) is 5.26 Å². The second-order valence-corrected chi connectivity index (χ2v) is 11.1. The van der Waals surface area contributed by atoms with Crippen LogP contribution in [0, 0.1) is 11.3 Å². The predicted octanol–water partition coefficient (Wildman–Crippen LogP) is 3.15. The summed E-state index contributed by atoms with van der Waals surface area (Å²) in [6.45, 7) is 0. The molecule has 4 rings (SSSR count). The molecule has 9 heteroatoms. The van der Waals surface area contributed by atoms with Gasteiger partial charge in [-0.1, -0.05) is 36.4 Å². The molecule has 0 N–H and O–H groups in total. The molecule has 3 aromatic rings. The molecule has 2 aromatic carbocycles. The van der Waals surface area contributed by atoms with E-state index in [2.05, 4.69) is 0 Å². The number of ketones is 1. The fraction of sp³-hybridized carbons (Fsp3) is 0.130. The first-order valence-electron chi connectivity index (χ1n) is 9.71. The van der Waals surface area contributed by atoms with E-state index in [0.29, 0.717) is 12.0 Å². The molecular formula is C23H18N2O5S2. The van der Waals surface area contributed by atoms with Crippen molar-refractivity contribution < 1.29 is 21.6 Å². The second kappa shape index (κ2) is 8.22. The Balaban J connectivity index is 1.76. The number of hydrogen-bond donors (Lipinski definition) is 0. The Labute approximate surface area is 186 Å². The Morgan fingerprint density at radius 3 is 2.06 bits per heavy atom. The van der Waals surface area contributed by atoms with Crippen LogP contribution in [0.3, 0.4) is 0 Å². The smallest absolute Gasteiger partial charge is 0.268 e. The number of Topliss-reactive ketones (excluding diaryl/α,β-unsaturated/α-hetero) is 1. The number of nitriles is 1. The molecule has 0 spiro atoms. The number of aryl methyl sites for hydroxylation is 1. The lowest BCUT2D eigenvalue weighted by Gasteiger charge is -2.18. The van der Waals surface area contributed by atoms with Crippen molar-refractivity contribution in [1.29, 1.82) is 5.26 Å². The van der Waals surface area contributed by atoms with E-state index < -0.39 is 30.9 Å². The van der Waals surface area contributed by atoms with Crippen molar-refractivity contribution in [3.8, 4) is 6.07 Å². The van der Waals surface area contributed by atoms with Crippen LogP contribution < -0.4 is 0 Å². The van der Waals surface area contributed by atoms with E-state index in [4.69, 9.17) is 0 Å². The molecule has 1 aliphatic rings. The van der Waals surface area contributed by atoms with E-state index in [-0.39, 0.29) is 27.5 Å². The fourth-order valence-electron chi connectivity index (χ4n) is 3.64. The summed E-state index contributed by atoms with van der Waals surface area (Å²) >= 11 is 0. The number of hydrogen-bond acceptors (Lipinski definition) is 6. The van der Waals surface area contributed by atoms with E-state index >= 15 is 0 Å². The first kappa shape index (κ1) is 21.7. The lowest BCUT2D eigenvalue weighted by Crippen LogP contribution is -2.25. The molecule has 1 aliphatic carbocycles. The van der Waals surface area contributed by atoms with Crippen molar-refractivity contribution in [3.05, 3.63) is 95.8 Å². The molecule has 1 aromatic heterocycles. The molecule has 0 radical (unpaired) electrons. The third-order valence-electron chi connectivity index (χ3n) is 5.29. The van der Waals surface area contributed by atoms with Gasteiger partial charge in [-0.25, -0.2) is 20.8 Å². The first-order valence-corrected chi connectivity index (χ1v) is 12.7. The van der Waals surface area contributed by atoms with Crippen molar-refractivity contribution in [2.45, 2.75) is 27.9 Å². The van der Waals surface area contributed by atoms with Crippen molar-refractivity contribution >= 4 is 25.6 Å². The summed E-state index contributed by atoms with van der Waals surface area (Å²) < 4.78 is 52.8. The highest BCUT2D eigenvalue weighted by atomic mass is 32.2. The Kier molecular flexibility index (Phi) is 5.59. The quantitative estimate of drug-likeness (QED) is 0.534. The van der Waals surface area contributed by atoms with Crippen LogP contribution in [0.4, 0.5) is 0 Å². The molecule has 7 nitrogen and oxygen atoms in total. The molecule has 1 heterocycles. The van der Waals surface area contributed by atoms with Crippen LogP contribution in [0.25, 0.3) is 0 Å². The third-order valence-corrected chi connectivity index (χ3v) is 8.82. The van der Waals surface area contributed by atoms with Crippen LogP contribution in [0.1, 0.15) is 22.5 Å². The standard InChI is InChI=1S/C23H18N2O5S2/c24-16-21(31(27,28)19-7-3-1-4-8-19)15-18-12-11-17-13-14-25(22(17)23(18)26)32(29,30)20-9-5-2-6-10-20/h1-10,13-15,21H,11-12H2. The number of nitrogens with zero attached hydrogens (tertiary/aromatic N) is 2. The highest BCUT2D eigenvalue weighted by Gasteiger charge is 2.33.